The fraction of sp³-hybridized carbons (Fsp3) is 0.294. The summed E-state index contributed by atoms with van der Waals surface area (Å²) in [6, 6.07) is 0. The average molecular weight is 376 g/mol. The molecule has 0 fully saturated rings. The van der Waals surface area contributed by atoms with Crippen LogP contribution in [0.15, 0.2) is 34.0 Å². The zero-order valence-corrected chi connectivity index (χ0v) is 15.8. The molecule has 0 saturated carbocycles. The SMILES string of the molecule is C=CCn1c(Sc2ncnc(CC)c2F)nc2sc(C)c(C)c2c1=O. The summed E-state index contributed by atoms with van der Waals surface area (Å²) < 4.78 is 16.0. The van der Waals surface area contributed by atoms with Gasteiger partial charge in [0.05, 0.1) is 11.1 Å². The summed E-state index contributed by atoms with van der Waals surface area (Å²) in [5, 5.41) is 1.19. The summed E-state index contributed by atoms with van der Waals surface area (Å²) in [5.74, 6) is -0.465. The fourth-order valence-electron chi connectivity index (χ4n) is 2.47. The Hall–Kier alpha value is -2.06. The third-order valence-electron chi connectivity index (χ3n) is 3.92. The monoisotopic (exact) mass is 376 g/mol. The molecule has 3 rings (SSSR count). The van der Waals surface area contributed by atoms with E-state index in [9.17, 15) is 9.18 Å². The van der Waals surface area contributed by atoms with Crippen molar-refractivity contribution in [1.29, 1.82) is 0 Å². The van der Waals surface area contributed by atoms with Crippen LogP contribution in [-0.4, -0.2) is 19.5 Å². The second-order valence-electron chi connectivity index (χ2n) is 5.46. The second-order valence-corrected chi connectivity index (χ2v) is 7.62. The van der Waals surface area contributed by atoms with Gasteiger partial charge in [-0.3, -0.25) is 9.36 Å². The molecule has 0 radical (unpaired) electrons. The largest absolute Gasteiger partial charge is 0.283 e. The smallest absolute Gasteiger partial charge is 0.263 e. The number of fused-ring (bicyclic) bond motifs is 1. The van der Waals surface area contributed by atoms with E-state index in [1.54, 1.807) is 6.08 Å². The number of allylic oxidation sites excluding steroid dienone is 1. The van der Waals surface area contributed by atoms with Crippen LogP contribution < -0.4 is 5.56 Å². The quantitative estimate of drug-likeness (QED) is 0.384. The number of aromatic nitrogens is 4. The molecule has 0 unspecified atom stereocenters. The standard InChI is InChI=1S/C17H17FN4OS2/c1-5-7-22-16(23)12-9(3)10(4)24-14(12)21-17(22)25-15-13(18)11(6-2)19-8-20-15/h5,8H,1,6-7H2,2-4H3. The predicted molar refractivity (Wildman–Crippen MR) is 99.0 cm³/mol. The molecule has 3 aromatic rings. The molecule has 0 amide bonds. The molecule has 0 aliphatic carbocycles. The lowest BCUT2D eigenvalue weighted by Gasteiger charge is -2.10. The molecule has 0 N–H and O–H groups in total. The van der Waals surface area contributed by atoms with Crippen LogP contribution >= 0.6 is 23.1 Å². The Morgan fingerprint density at radius 2 is 2.16 bits per heavy atom. The maximum Gasteiger partial charge on any atom is 0.263 e. The molecular formula is C17H17FN4OS2. The van der Waals surface area contributed by atoms with E-state index in [1.807, 2.05) is 20.8 Å². The highest BCUT2D eigenvalue weighted by Gasteiger charge is 2.19. The van der Waals surface area contributed by atoms with E-state index < -0.39 is 5.82 Å². The van der Waals surface area contributed by atoms with Crippen LogP contribution in [0.5, 0.6) is 0 Å². The summed E-state index contributed by atoms with van der Waals surface area (Å²) >= 11 is 2.51. The molecule has 25 heavy (non-hydrogen) atoms. The van der Waals surface area contributed by atoms with Crippen molar-refractivity contribution in [1.82, 2.24) is 19.5 Å². The Morgan fingerprint density at radius 1 is 1.40 bits per heavy atom. The van der Waals surface area contributed by atoms with Crippen molar-refractivity contribution in [2.24, 2.45) is 0 Å². The highest BCUT2D eigenvalue weighted by atomic mass is 32.2. The minimum atomic E-state index is -0.465. The Bertz CT molecular complexity index is 1030. The van der Waals surface area contributed by atoms with Gasteiger partial charge in [-0.05, 0) is 37.6 Å². The van der Waals surface area contributed by atoms with Crippen LogP contribution in [0, 0.1) is 19.7 Å². The minimum Gasteiger partial charge on any atom is -0.283 e. The van der Waals surface area contributed by atoms with Gasteiger partial charge in [-0.25, -0.2) is 19.3 Å². The summed E-state index contributed by atoms with van der Waals surface area (Å²) in [6.45, 7) is 9.71. The van der Waals surface area contributed by atoms with Gasteiger partial charge in [0.15, 0.2) is 11.0 Å². The molecule has 0 aliphatic rings. The van der Waals surface area contributed by atoms with Crippen LogP contribution in [-0.2, 0) is 13.0 Å². The highest BCUT2D eigenvalue weighted by Crippen LogP contribution is 2.31. The number of thiophene rings is 1. The minimum absolute atomic E-state index is 0.139. The van der Waals surface area contributed by atoms with E-state index in [0.29, 0.717) is 34.0 Å². The molecule has 3 heterocycles. The zero-order chi connectivity index (χ0) is 18.1. The molecule has 0 aromatic carbocycles. The summed E-state index contributed by atoms with van der Waals surface area (Å²) in [4.78, 5) is 27.2. The van der Waals surface area contributed by atoms with E-state index >= 15 is 0 Å². The van der Waals surface area contributed by atoms with Crippen LogP contribution in [0.2, 0.25) is 0 Å². The molecule has 0 spiro atoms. The molecule has 0 bridgehead atoms. The van der Waals surface area contributed by atoms with E-state index in [1.165, 1.54) is 22.2 Å². The molecule has 0 saturated heterocycles. The molecule has 3 aromatic heterocycles. The van der Waals surface area contributed by atoms with E-state index in [2.05, 4.69) is 21.5 Å². The Labute approximate surface area is 152 Å². The van der Waals surface area contributed by atoms with Crippen LogP contribution in [0.4, 0.5) is 4.39 Å². The van der Waals surface area contributed by atoms with Gasteiger partial charge in [-0.2, -0.15) is 0 Å². The number of hydrogen-bond donors (Lipinski definition) is 0. The predicted octanol–water partition coefficient (Wildman–Crippen LogP) is 3.90. The van der Waals surface area contributed by atoms with Gasteiger partial charge in [0.1, 0.15) is 16.2 Å². The maximum atomic E-state index is 14.5. The van der Waals surface area contributed by atoms with Crippen molar-refractivity contribution in [3.8, 4) is 0 Å². The number of hydrogen-bond acceptors (Lipinski definition) is 6. The van der Waals surface area contributed by atoms with Gasteiger partial charge in [0, 0.05) is 11.4 Å². The lowest BCUT2D eigenvalue weighted by Crippen LogP contribution is -2.22. The van der Waals surface area contributed by atoms with Crippen LogP contribution in [0.25, 0.3) is 10.2 Å². The van der Waals surface area contributed by atoms with Gasteiger partial charge in [0.2, 0.25) is 0 Å². The van der Waals surface area contributed by atoms with Crippen molar-refractivity contribution in [3.05, 3.63) is 51.3 Å². The van der Waals surface area contributed by atoms with E-state index in [4.69, 9.17) is 0 Å². The van der Waals surface area contributed by atoms with E-state index in [0.717, 1.165) is 22.2 Å². The van der Waals surface area contributed by atoms with Crippen molar-refractivity contribution in [2.75, 3.05) is 0 Å². The lowest BCUT2D eigenvalue weighted by molar-refractivity contribution is 0.558. The van der Waals surface area contributed by atoms with Gasteiger partial charge < -0.3 is 0 Å². The van der Waals surface area contributed by atoms with Crippen molar-refractivity contribution >= 4 is 33.3 Å². The summed E-state index contributed by atoms with van der Waals surface area (Å²) in [5.41, 5.74) is 1.15. The Kier molecular flexibility index (Phi) is 5.01. The maximum absolute atomic E-state index is 14.5. The van der Waals surface area contributed by atoms with Crippen LogP contribution in [0.1, 0.15) is 23.1 Å². The van der Waals surface area contributed by atoms with Crippen molar-refractivity contribution in [2.45, 2.75) is 43.9 Å². The fourth-order valence-corrected chi connectivity index (χ4v) is 4.43. The normalized spacial score (nSPS) is 11.2. The number of aryl methyl sites for hydroxylation is 3. The third kappa shape index (κ3) is 3.11. The summed E-state index contributed by atoms with van der Waals surface area (Å²) in [6.07, 6.45) is 3.43. The molecule has 0 aliphatic heterocycles. The van der Waals surface area contributed by atoms with Gasteiger partial charge in [-0.15, -0.1) is 17.9 Å². The lowest BCUT2D eigenvalue weighted by atomic mass is 10.2. The Balaban J connectivity index is 2.20. The molecule has 5 nitrogen and oxygen atoms in total. The number of nitrogens with zero attached hydrogens (tertiary/aromatic N) is 4. The topological polar surface area (TPSA) is 60.7 Å². The van der Waals surface area contributed by atoms with Gasteiger partial charge in [-0.1, -0.05) is 13.0 Å². The molecule has 8 heteroatoms. The van der Waals surface area contributed by atoms with Crippen molar-refractivity contribution in [3.63, 3.8) is 0 Å². The molecular weight excluding hydrogens is 359 g/mol. The van der Waals surface area contributed by atoms with Gasteiger partial charge >= 0.3 is 0 Å². The zero-order valence-electron chi connectivity index (χ0n) is 14.2. The molecule has 0 atom stereocenters. The molecule has 130 valence electrons. The first-order chi connectivity index (χ1) is 12.0. The number of halogens is 1. The van der Waals surface area contributed by atoms with Crippen LogP contribution in [0.3, 0.4) is 0 Å². The van der Waals surface area contributed by atoms with Crippen molar-refractivity contribution < 1.29 is 4.39 Å². The number of rotatable bonds is 5. The average Bonchev–Trinajstić information content (AvgIpc) is 2.87. The third-order valence-corrected chi connectivity index (χ3v) is 5.99. The first kappa shape index (κ1) is 17.8. The highest BCUT2D eigenvalue weighted by molar-refractivity contribution is 7.99. The second kappa shape index (κ2) is 7.05. The first-order valence-corrected chi connectivity index (χ1v) is 9.39. The Morgan fingerprint density at radius 3 is 2.84 bits per heavy atom. The van der Waals surface area contributed by atoms with E-state index in [-0.39, 0.29) is 10.6 Å². The summed E-state index contributed by atoms with van der Waals surface area (Å²) in [7, 11) is 0. The first-order valence-electron chi connectivity index (χ1n) is 7.76. The van der Waals surface area contributed by atoms with Gasteiger partial charge in [0.25, 0.3) is 5.56 Å².